The lowest BCUT2D eigenvalue weighted by Crippen LogP contribution is -2.37. The second-order valence-electron chi connectivity index (χ2n) is 12.3. The van der Waals surface area contributed by atoms with Gasteiger partial charge in [0.05, 0.1) is 13.1 Å². The molecule has 0 radical (unpaired) electrons. The maximum Gasteiger partial charge on any atom is 0.256 e. The summed E-state index contributed by atoms with van der Waals surface area (Å²) in [5.74, 6) is 1.60. The quantitative estimate of drug-likeness (QED) is 0.0689. The smallest absolute Gasteiger partial charge is 0.234 e. The highest BCUT2D eigenvalue weighted by molar-refractivity contribution is 4.84. The van der Waals surface area contributed by atoms with E-state index in [1.165, 1.54) is 193 Å². The molecule has 0 saturated heterocycles. The summed E-state index contributed by atoms with van der Waals surface area (Å²) in [6, 6.07) is 0. The minimum absolute atomic E-state index is 1.23. The van der Waals surface area contributed by atoms with Gasteiger partial charge in [-0.1, -0.05) is 162 Å². The maximum absolute atomic E-state index is 2.60. The zero-order chi connectivity index (χ0) is 27.4. The van der Waals surface area contributed by atoms with Gasteiger partial charge in [0.25, 0.3) is 5.82 Å². The van der Waals surface area contributed by atoms with E-state index >= 15 is 0 Å². The van der Waals surface area contributed by atoms with Crippen molar-refractivity contribution in [1.29, 1.82) is 0 Å². The number of rotatable bonds is 30. The minimum Gasteiger partial charge on any atom is -0.234 e. The third kappa shape index (κ3) is 20.2. The first-order valence-electron chi connectivity index (χ1n) is 17.9. The Balaban J connectivity index is 2.16. The Morgan fingerprint density at radius 3 is 1.26 bits per heavy atom. The van der Waals surface area contributed by atoms with Crippen LogP contribution in [-0.4, -0.2) is 4.57 Å². The van der Waals surface area contributed by atoms with Gasteiger partial charge >= 0.3 is 0 Å². The normalized spacial score (nSPS) is 11.6. The Labute approximate surface area is 240 Å². The predicted molar refractivity (Wildman–Crippen MR) is 170 cm³/mol. The van der Waals surface area contributed by atoms with E-state index in [0.717, 1.165) is 0 Å². The Morgan fingerprint density at radius 1 is 0.447 bits per heavy atom. The van der Waals surface area contributed by atoms with E-state index in [-0.39, 0.29) is 0 Å². The van der Waals surface area contributed by atoms with Crippen molar-refractivity contribution in [1.82, 2.24) is 4.57 Å². The molecule has 0 saturated carbocycles. The average Bonchev–Trinajstić information content (AvgIpc) is 3.31. The number of aryl methyl sites for hydroxylation is 2. The standard InChI is InChI=1S/C36H71N2/c1-4-7-10-12-14-16-18-19-21-23-25-27-30-33-38-35-34-37(36(38)31-28-9-6-3)32-29-26-24-22-20-17-15-13-11-8-5-2/h34-35H,4-33H2,1-3H3/q+1. The third-order valence-corrected chi connectivity index (χ3v) is 8.60. The molecule has 0 atom stereocenters. The van der Waals surface area contributed by atoms with Crippen LogP contribution >= 0.6 is 0 Å². The molecule has 1 heterocycles. The van der Waals surface area contributed by atoms with Gasteiger partial charge < -0.3 is 0 Å². The van der Waals surface area contributed by atoms with Gasteiger partial charge in [0, 0.05) is 6.42 Å². The first kappa shape index (κ1) is 35.2. The number of hydrogen-bond acceptors (Lipinski definition) is 0. The number of unbranched alkanes of at least 4 members (excludes halogenated alkanes) is 24. The molecule has 2 heteroatoms. The van der Waals surface area contributed by atoms with Gasteiger partial charge in [-0.15, -0.1) is 0 Å². The van der Waals surface area contributed by atoms with Crippen LogP contribution in [0.2, 0.25) is 0 Å². The Bertz CT molecular complexity index is 590. The van der Waals surface area contributed by atoms with Gasteiger partial charge in [0.1, 0.15) is 12.4 Å². The van der Waals surface area contributed by atoms with E-state index in [9.17, 15) is 0 Å². The molecule has 0 aliphatic rings. The Kier molecular flexibility index (Phi) is 25.7. The fraction of sp³-hybridized carbons (Fsp3) is 0.917. The zero-order valence-corrected chi connectivity index (χ0v) is 26.8. The maximum atomic E-state index is 2.60. The van der Waals surface area contributed by atoms with Crippen molar-refractivity contribution in [2.75, 3.05) is 0 Å². The van der Waals surface area contributed by atoms with Crippen LogP contribution in [0.5, 0.6) is 0 Å². The van der Waals surface area contributed by atoms with Gasteiger partial charge in [0.15, 0.2) is 0 Å². The molecule has 1 rings (SSSR count). The largest absolute Gasteiger partial charge is 0.256 e. The molecule has 0 aliphatic heterocycles. The lowest BCUT2D eigenvalue weighted by atomic mass is 10.0. The summed E-state index contributed by atoms with van der Waals surface area (Å²) in [5, 5.41) is 0. The fourth-order valence-corrected chi connectivity index (χ4v) is 5.97. The Hall–Kier alpha value is -0.790. The monoisotopic (exact) mass is 532 g/mol. The van der Waals surface area contributed by atoms with Crippen molar-refractivity contribution in [2.24, 2.45) is 0 Å². The number of nitrogens with zero attached hydrogens (tertiary/aromatic N) is 2. The Morgan fingerprint density at radius 2 is 0.816 bits per heavy atom. The van der Waals surface area contributed by atoms with E-state index in [1.54, 1.807) is 5.82 Å². The third-order valence-electron chi connectivity index (χ3n) is 8.60. The van der Waals surface area contributed by atoms with Gasteiger partial charge in [-0.3, -0.25) is 0 Å². The van der Waals surface area contributed by atoms with E-state index in [4.69, 9.17) is 0 Å². The summed E-state index contributed by atoms with van der Waals surface area (Å²) in [7, 11) is 0. The number of hydrogen-bond donors (Lipinski definition) is 0. The molecule has 0 aromatic carbocycles. The van der Waals surface area contributed by atoms with Crippen LogP contribution in [0.15, 0.2) is 12.4 Å². The van der Waals surface area contributed by atoms with Crippen LogP contribution < -0.4 is 4.57 Å². The molecule has 0 spiro atoms. The number of imidazole rings is 1. The molecule has 0 N–H and O–H groups in total. The molecule has 0 amide bonds. The van der Waals surface area contributed by atoms with Gasteiger partial charge in [0.2, 0.25) is 0 Å². The molecular formula is C36H71N2+. The number of aromatic nitrogens is 2. The van der Waals surface area contributed by atoms with Crippen molar-refractivity contribution in [3.05, 3.63) is 18.2 Å². The highest BCUT2D eigenvalue weighted by Gasteiger charge is 2.16. The topological polar surface area (TPSA) is 8.81 Å². The lowest BCUT2D eigenvalue weighted by Gasteiger charge is -2.07. The summed E-state index contributed by atoms with van der Waals surface area (Å²) >= 11 is 0. The minimum atomic E-state index is 1.23. The molecule has 0 fully saturated rings. The molecule has 0 unspecified atom stereocenters. The zero-order valence-electron chi connectivity index (χ0n) is 26.8. The van der Waals surface area contributed by atoms with E-state index in [2.05, 4.69) is 42.3 Å². The molecule has 1 aromatic heterocycles. The summed E-state index contributed by atoms with van der Waals surface area (Å²) in [5.41, 5.74) is 0. The molecule has 0 aliphatic carbocycles. The predicted octanol–water partition coefficient (Wildman–Crippen LogP) is 11.9. The van der Waals surface area contributed by atoms with E-state index < -0.39 is 0 Å². The summed E-state index contributed by atoms with van der Waals surface area (Å²) in [6.45, 7) is 9.39. The van der Waals surface area contributed by atoms with Crippen LogP contribution in [0.4, 0.5) is 0 Å². The van der Waals surface area contributed by atoms with Crippen molar-refractivity contribution in [2.45, 2.75) is 214 Å². The SMILES string of the molecule is CCCCCCCCCCCCCCCn1cc[n+](CCCCCCCCCCCCC)c1CCCCC. The van der Waals surface area contributed by atoms with E-state index in [1.807, 2.05) is 0 Å². The van der Waals surface area contributed by atoms with Gasteiger partial charge in [-0.05, 0) is 32.1 Å². The molecule has 224 valence electrons. The average molecular weight is 532 g/mol. The van der Waals surface area contributed by atoms with Crippen LogP contribution in [0, 0.1) is 0 Å². The fourth-order valence-electron chi connectivity index (χ4n) is 5.97. The first-order chi connectivity index (χ1) is 18.8. The van der Waals surface area contributed by atoms with Crippen molar-refractivity contribution in [3.8, 4) is 0 Å². The second-order valence-corrected chi connectivity index (χ2v) is 12.3. The van der Waals surface area contributed by atoms with Gasteiger partial charge in [-0.2, -0.15) is 0 Å². The molecule has 1 aromatic rings. The highest BCUT2D eigenvalue weighted by Crippen LogP contribution is 2.14. The summed E-state index contributed by atoms with van der Waals surface area (Å²) < 4.78 is 5.21. The highest BCUT2D eigenvalue weighted by atomic mass is 15.1. The molecular weight excluding hydrogens is 460 g/mol. The first-order valence-corrected chi connectivity index (χ1v) is 17.9. The molecule has 2 nitrogen and oxygen atoms in total. The summed E-state index contributed by atoms with van der Waals surface area (Å²) in [4.78, 5) is 0. The van der Waals surface area contributed by atoms with Crippen LogP contribution in [0.1, 0.15) is 200 Å². The van der Waals surface area contributed by atoms with E-state index in [0.29, 0.717) is 0 Å². The lowest BCUT2D eigenvalue weighted by molar-refractivity contribution is -0.704. The molecule has 0 bridgehead atoms. The van der Waals surface area contributed by atoms with Crippen molar-refractivity contribution < 1.29 is 4.57 Å². The van der Waals surface area contributed by atoms with Crippen molar-refractivity contribution >= 4 is 0 Å². The second kappa shape index (κ2) is 27.8. The summed E-state index contributed by atoms with van der Waals surface area (Å²) in [6.07, 6.45) is 44.5. The van der Waals surface area contributed by atoms with Crippen LogP contribution in [-0.2, 0) is 19.5 Å². The van der Waals surface area contributed by atoms with Crippen LogP contribution in [0.3, 0.4) is 0 Å². The molecule has 38 heavy (non-hydrogen) atoms. The van der Waals surface area contributed by atoms with Crippen molar-refractivity contribution in [3.63, 3.8) is 0 Å². The van der Waals surface area contributed by atoms with Crippen LogP contribution in [0.25, 0.3) is 0 Å². The van der Waals surface area contributed by atoms with Gasteiger partial charge in [-0.25, -0.2) is 9.13 Å².